The minimum Gasteiger partial charge on any atom is -0.507 e. The molecule has 0 saturated heterocycles. The van der Waals surface area contributed by atoms with Crippen LogP contribution in [0.2, 0.25) is 0 Å². The quantitative estimate of drug-likeness (QED) is 0.782. The van der Waals surface area contributed by atoms with Gasteiger partial charge in [-0.25, -0.2) is 4.79 Å². The van der Waals surface area contributed by atoms with Crippen molar-refractivity contribution < 1.29 is 14.6 Å². The maximum atomic E-state index is 12.0. The van der Waals surface area contributed by atoms with E-state index in [4.69, 9.17) is 4.74 Å². The molecule has 0 saturated carbocycles. The molecule has 1 rings (SSSR count). The summed E-state index contributed by atoms with van der Waals surface area (Å²) in [5, 5.41) is 9.60. The lowest BCUT2D eigenvalue weighted by Gasteiger charge is -2.19. The number of hydrogen-bond donors (Lipinski definition) is 1. The van der Waals surface area contributed by atoms with Crippen molar-refractivity contribution in [3.8, 4) is 5.75 Å². The number of rotatable bonds is 6. The Morgan fingerprint density at radius 2 is 2.00 bits per heavy atom. The van der Waals surface area contributed by atoms with Crippen LogP contribution < -0.4 is 0 Å². The highest BCUT2D eigenvalue weighted by molar-refractivity contribution is 5.92. The number of para-hydroxylation sites is 1. The fraction of sp³-hybridized carbons (Fsp3) is 0.533. The number of phenolic OH excluding ortho intramolecular Hbond substituents is 1. The van der Waals surface area contributed by atoms with E-state index in [1.807, 2.05) is 0 Å². The van der Waals surface area contributed by atoms with Crippen molar-refractivity contribution in [1.29, 1.82) is 0 Å². The number of carbonyl (C=O) groups is 1. The van der Waals surface area contributed by atoms with Crippen molar-refractivity contribution in [2.45, 2.75) is 46.1 Å². The first kappa shape index (κ1) is 14.6. The first-order valence-electron chi connectivity index (χ1n) is 6.53. The summed E-state index contributed by atoms with van der Waals surface area (Å²) in [7, 11) is 0. The summed E-state index contributed by atoms with van der Waals surface area (Å²) in [4.78, 5) is 12.0. The molecule has 1 unspecified atom stereocenters. The second-order valence-electron chi connectivity index (χ2n) is 4.96. The molecule has 3 heteroatoms. The van der Waals surface area contributed by atoms with E-state index in [1.54, 1.807) is 18.2 Å². The minimum atomic E-state index is -0.438. The Labute approximate surface area is 109 Å². The topological polar surface area (TPSA) is 46.5 Å². The predicted molar refractivity (Wildman–Crippen MR) is 71.7 cm³/mol. The van der Waals surface area contributed by atoms with Gasteiger partial charge >= 0.3 is 5.97 Å². The first-order valence-corrected chi connectivity index (χ1v) is 6.53. The van der Waals surface area contributed by atoms with Crippen LogP contribution in [0.1, 0.15) is 50.4 Å². The molecule has 0 radical (unpaired) electrons. The number of aromatic hydroxyl groups is 1. The maximum absolute atomic E-state index is 12.0. The molecule has 3 nitrogen and oxygen atoms in total. The van der Waals surface area contributed by atoms with E-state index in [2.05, 4.69) is 20.8 Å². The van der Waals surface area contributed by atoms with Gasteiger partial charge in [0.1, 0.15) is 17.4 Å². The van der Waals surface area contributed by atoms with Crippen LogP contribution in [0.15, 0.2) is 24.3 Å². The van der Waals surface area contributed by atoms with Gasteiger partial charge in [0.15, 0.2) is 0 Å². The van der Waals surface area contributed by atoms with Crippen LogP contribution >= 0.6 is 0 Å². The summed E-state index contributed by atoms with van der Waals surface area (Å²) < 4.78 is 5.47. The van der Waals surface area contributed by atoms with E-state index in [1.165, 1.54) is 6.07 Å². The van der Waals surface area contributed by atoms with Crippen LogP contribution in [0.5, 0.6) is 5.75 Å². The first-order chi connectivity index (χ1) is 8.54. The third-order valence-electron chi connectivity index (χ3n) is 2.74. The zero-order valence-electron chi connectivity index (χ0n) is 11.3. The van der Waals surface area contributed by atoms with Crippen LogP contribution in [0.25, 0.3) is 0 Å². The van der Waals surface area contributed by atoms with Gasteiger partial charge in [-0.3, -0.25) is 0 Å². The lowest BCUT2D eigenvalue weighted by Crippen LogP contribution is -2.20. The van der Waals surface area contributed by atoms with Crippen LogP contribution in [0, 0.1) is 5.92 Å². The number of phenols is 1. The Morgan fingerprint density at radius 1 is 1.33 bits per heavy atom. The van der Waals surface area contributed by atoms with Crippen LogP contribution in [0.3, 0.4) is 0 Å². The van der Waals surface area contributed by atoms with Gasteiger partial charge in [0, 0.05) is 0 Å². The van der Waals surface area contributed by atoms with Crippen molar-refractivity contribution in [1.82, 2.24) is 0 Å². The van der Waals surface area contributed by atoms with E-state index < -0.39 is 5.97 Å². The van der Waals surface area contributed by atoms with Gasteiger partial charge in [0.05, 0.1) is 0 Å². The molecule has 0 spiro atoms. The zero-order chi connectivity index (χ0) is 13.5. The number of esters is 1. The molecule has 0 heterocycles. The zero-order valence-corrected chi connectivity index (χ0v) is 11.3. The summed E-state index contributed by atoms with van der Waals surface area (Å²) in [6.45, 7) is 6.29. The average molecular weight is 250 g/mol. The lowest BCUT2D eigenvalue weighted by atomic mass is 10.0. The Hall–Kier alpha value is -1.51. The monoisotopic (exact) mass is 250 g/mol. The molecular formula is C15H22O3. The van der Waals surface area contributed by atoms with E-state index in [-0.39, 0.29) is 17.4 Å². The van der Waals surface area contributed by atoms with Gasteiger partial charge in [0.25, 0.3) is 0 Å². The highest BCUT2D eigenvalue weighted by Crippen LogP contribution is 2.20. The molecule has 0 amide bonds. The van der Waals surface area contributed by atoms with Crippen molar-refractivity contribution in [2.75, 3.05) is 0 Å². The summed E-state index contributed by atoms with van der Waals surface area (Å²) >= 11 is 0. The number of ether oxygens (including phenoxy) is 1. The van der Waals surface area contributed by atoms with Crippen molar-refractivity contribution in [2.24, 2.45) is 5.92 Å². The molecule has 0 fully saturated rings. The summed E-state index contributed by atoms with van der Waals surface area (Å²) in [5.74, 6) is 0.0215. The standard InChI is InChI=1S/C15H22O3/c1-4-7-12(10-11(2)3)18-15(17)13-8-5-6-9-14(13)16/h5-6,8-9,11-12,16H,4,7,10H2,1-3H3. The highest BCUT2D eigenvalue weighted by atomic mass is 16.5. The fourth-order valence-electron chi connectivity index (χ4n) is 1.93. The van der Waals surface area contributed by atoms with Crippen LogP contribution in [0.4, 0.5) is 0 Å². The molecule has 100 valence electrons. The third kappa shape index (κ3) is 4.40. The van der Waals surface area contributed by atoms with E-state index in [0.29, 0.717) is 5.92 Å². The Balaban J connectivity index is 2.69. The number of hydrogen-bond acceptors (Lipinski definition) is 3. The largest absolute Gasteiger partial charge is 0.507 e. The van der Waals surface area contributed by atoms with Gasteiger partial charge in [-0.05, 0) is 30.9 Å². The van der Waals surface area contributed by atoms with Crippen molar-refractivity contribution >= 4 is 5.97 Å². The molecule has 1 aromatic rings. The highest BCUT2D eigenvalue weighted by Gasteiger charge is 2.18. The molecule has 0 aliphatic rings. The summed E-state index contributed by atoms with van der Waals surface area (Å²) in [5.41, 5.74) is 0.238. The van der Waals surface area contributed by atoms with Gasteiger partial charge in [0.2, 0.25) is 0 Å². The smallest absolute Gasteiger partial charge is 0.342 e. The SMILES string of the molecule is CCCC(CC(C)C)OC(=O)c1ccccc1O. The number of benzene rings is 1. The predicted octanol–water partition coefficient (Wildman–Crippen LogP) is 3.76. The van der Waals surface area contributed by atoms with Gasteiger partial charge < -0.3 is 9.84 Å². The Kier molecular flexibility index (Phi) is 5.69. The molecule has 1 atom stereocenters. The van der Waals surface area contributed by atoms with Gasteiger partial charge in [-0.15, -0.1) is 0 Å². The third-order valence-corrected chi connectivity index (χ3v) is 2.74. The van der Waals surface area contributed by atoms with Gasteiger partial charge in [-0.2, -0.15) is 0 Å². The summed E-state index contributed by atoms with van der Waals surface area (Å²) in [6.07, 6.45) is 2.62. The Morgan fingerprint density at radius 3 is 2.56 bits per heavy atom. The minimum absolute atomic E-state index is 0.0257. The molecule has 0 bridgehead atoms. The van der Waals surface area contributed by atoms with E-state index in [9.17, 15) is 9.90 Å². The normalized spacial score (nSPS) is 12.4. The average Bonchev–Trinajstić information content (AvgIpc) is 2.28. The molecular weight excluding hydrogens is 228 g/mol. The molecule has 0 aliphatic carbocycles. The second kappa shape index (κ2) is 7.04. The van der Waals surface area contributed by atoms with Crippen molar-refractivity contribution in [3.63, 3.8) is 0 Å². The fourth-order valence-corrected chi connectivity index (χ4v) is 1.93. The maximum Gasteiger partial charge on any atom is 0.342 e. The molecule has 18 heavy (non-hydrogen) atoms. The van der Waals surface area contributed by atoms with E-state index in [0.717, 1.165) is 19.3 Å². The van der Waals surface area contributed by atoms with E-state index >= 15 is 0 Å². The Bertz CT molecular complexity index is 385. The molecule has 1 N–H and O–H groups in total. The van der Waals surface area contributed by atoms with Crippen molar-refractivity contribution in [3.05, 3.63) is 29.8 Å². The van der Waals surface area contributed by atoms with Gasteiger partial charge in [-0.1, -0.05) is 39.3 Å². The molecule has 1 aromatic carbocycles. The lowest BCUT2D eigenvalue weighted by molar-refractivity contribution is 0.0227. The molecule has 0 aromatic heterocycles. The second-order valence-corrected chi connectivity index (χ2v) is 4.96. The summed E-state index contributed by atoms with van der Waals surface area (Å²) in [6, 6.07) is 6.47. The molecule has 0 aliphatic heterocycles. The van der Waals surface area contributed by atoms with Crippen LogP contribution in [-0.4, -0.2) is 17.2 Å². The number of carbonyl (C=O) groups excluding carboxylic acids is 1. The van der Waals surface area contributed by atoms with Crippen LogP contribution in [-0.2, 0) is 4.74 Å².